The van der Waals surface area contributed by atoms with Crippen LogP contribution in [-0.2, 0) is 0 Å². The predicted molar refractivity (Wildman–Crippen MR) is 74.3 cm³/mol. The minimum atomic E-state index is 0.324. The molecule has 0 radical (unpaired) electrons. The van der Waals surface area contributed by atoms with Gasteiger partial charge in [-0.2, -0.15) is 5.10 Å². The molecule has 0 spiro atoms. The summed E-state index contributed by atoms with van der Waals surface area (Å²) in [6, 6.07) is 0.735. The number of aromatic nitrogens is 2. The molecule has 18 heavy (non-hydrogen) atoms. The van der Waals surface area contributed by atoms with E-state index in [1.165, 1.54) is 5.56 Å². The molecule has 1 aromatic rings. The van der Waals surface area contributed by atoms with Crippen molar-refractivity contribution >= 4 is 0 Å². The van der Waals surface area contributed by atoms with Crippen molar-refractivity contribution in [2.75, 3.05) is 19.6 Å². The van der Waals surface area contributed by atoms with Crippen LogP contribution in [0.25, 0.3) is 0 Å². The summed E-state index contributed by atoms with van der Waals surface area (Å²) in [5.74, 6) is 1.53. The summed E-state index contributed by atoms with van der Waals surface area (Å²) < 4.78 is 2.01. The number of nitrogens with zero attached hydrogens (tertiary/aromatic N) is 3. The average Bonchev–Trinajstić information content (AvgIpc) is 2.89. The lowest BCUT2D eigenvalue weighted by Crippen LogP contribution is -2.32. The van der Waals surface area contributed by atoms with Crippen molar-refractivity contribution in [2.24, 2.45) is 17.6 Å². The van der Waals surface area contributed by atoms with Crippen LogP contribution in [0.15, 0.2) is 12.4 Å². The first kappa shape index (κ1) is 13.6. The summed E-state index contributed by atoms with van der Waals surface area (Å²) in [6.45, 7) is 11.9. The monoisotopic (exact) mass is 250 g/mol. The van der Waals surface area contributed by atoms with E-state index in [0.717, 1.165) is 24.9 Å². The molecular weight excluding hydrogens is 224 g/mol. The second-order valence-electron chi connectivity index (χ2n) is 6.01. The van der Waals surface area contributed by atoms with E-state index in [-0.39, 0.29) is 0 Å². The molecule has 4 heteroatoms. The Labute approximate surface area is 110 Å². The van der Waals surface area contributed by atoms with E-state index in [1.807, 2.05) is 10.9 Å². The zero-order valence-electron chi connectivity index (χ0n) is 12.0. The van der Waals surface area contributed by atoms with Crippen LogP contribution in [-0.4, -0.2) is 34.3 Å². The lowest BCUT2D eigenvalue weighted by Gasteiger charge is -2.25. The highest BCUT2D eigenvalue weighted by molar-refractivity contribution is 5.12. The molecule has 4 nitrogen and oxygen atoms in total. The smallest absolute Gasteiger partial charge is 0.0538 e. The fraction of sp³-hybridized carbons (Fsp3) is 0.786. The van der Waals surface area contributed by atoms with Crippen LogP contribution in [0.4, 0.5) is 0 Å². The maximum absolute atomic E-state index is 5.98. The Kier molecular flexibility index (Phi) is 4.07. The summed E-state index contributed by atoms with van der Waals surface area (Å²) in [5, 5.41) is 4.43. The van der Waals surface area contributed by atoms with Crippen molar-refractivity contribution in [1.29, 1.82) is 0 Å². The fourth-order valence-corrected chi connectivity index (χ4v) is 2.73. The van der Waals surface area contributed by atoms with Crippen molar-refractivity contribution < 1.29 is 0 Å². The quantitative estimate of drug-likeness (QED) is 0.889. The maximum atomic E-state index is 5.98. The second kappa shape index (κ2) is 5.41. The van der Waals surface area contributed by atoms with E-state index in [4.69, 9.17) is 5.73 Å². The first-order valence-electron chi connectivity index (χ1n) is 7.01. The van der Waals surface area contributed by atoms with Crippen molar-refractivity contribution in [3.8, 4) is 0 Å². The minimum Gasteiger partial charge on any atom is -0.329 e. The Morgan fingerprint density at radius 2 is 1.94 bits per heavy atom. The molecule has 2 N–H and O–H groups in total. The van der Waals surface area contributed by atoms with Gasteiger partial charge in [-0.15, -0.1) is 0 Å². The molecule has 1 aliphatic heterocycles. The van der Waals surface area contributed by atoms with E-state index in [0.29, 0.717) is 18.6 Å². The molecule has 0 aromatic carbocycles. The van der Waals surface area contributed by atoms with Crippen molar-refractivity contribution in [3.63, 3.8) is 0 Å². The van der Waals surface area contributed by atoms with Crippen LogP contribution in [0, 0.1) is 11.8 Å². The van der Waals surface area contributed by atoms with Gasteiger partial charge in [-0.3, -0.25) is 9.58 Å². The van der Waals surface area contributed by atoms with Crippen molar-refractivity contribution in [2.45, 2.75) is 39.8 Å². The van der Waals surface area contributed by atoms with Crippen LogP contribution >= 0.6 is 0 Å². The number of likely N-dealkylation sites (tertiary alicyclic amines) is 1. The molecule has 0 bridgehead atoms. The van der Waals surface area contributed by atoms with Crippen molar-refractivity contribution in [3.05, 3.63) is 18.0 Å². The van der Waals surface area contributed by atoms with Crippen molar-refractivity contribution in [1.82, 2.24) is 14.7 Å². The molecule has 0 amide bonds. The van der Waals surface area contributed by atoms with Crippen LogP contribution < -0.4 is 5.73 Å². The van der Waals surface area contributed by atoms with E-state index in [9.17, 15) is 0 Å². The van der Waals surface area contributed by atoms with Crippen LogP contribution in [0.1, 0.15) is 45.3 Å². The topological polar surface area (TPSA) is 47.1 Å². The fourth-order valence-electron chi connectivity index (χ4n) is 2.73. The van der Waals surface area contributed by atoms with Gasteiger partial charge in [0.1, 0.15) is 0 Å². The third-order valence-electron chi connectivity index (χ3n) is 4.22. The number of nitrogens with two attached hydrogens (primary N) is 1. The summed E-state index contributed by atoms with van der Waals surface area (Å²) in [4.78, 5) is 2.51. The van der Waals surface area contributed by atoms with E-state index in [2.05, 4.69) is 43.9 Å². The molecule has 102 valence electrons. The van der Waals surface area contributed by atoms with Gasteiger partial charge in [0.2, 0.25) is 0 Å². The predicted octanol–water partition coefficient (Wildman–Crippen LogP) is 2.05. The first-order valence-corrected chi connectivity index (χ1v) is 7.01. The highest BCUT2D eigenvalue weighted by Gasteiger charge is 2.31. The molecular formula is C14H26N4. The Morgan fingerprint density at radius 3 is 2.39 bits per heavy atom. The molecule has 2 heterocycles. The molecule has 3 unspecified atom stereocenters. The largest absolute Gasteiger partial charge is 0.329 e. The second-order valence-corrected chi connectivity index (χ2v) is 6.01. The van der Waals surface area contributed by atoms with Gasteiger partial charge >= 0.3 is 0 Å². The van der Waals surface area contributed by atoms with Crippen LogP contribution in [0.3, 0.4) is 0 Å². The summed E-state index contributed by atoms with van der Waals surface area (Å²) >= 11 is 0. The van der Waals surface area contributed by atoms with Gasteiger partial charge in [0.25, 0.3) is 0 Å². The van der Waals surface area contributed by atoms with Crippen LogP contribution in [0.5, 0.6) is 0 Å². The Balaban J connectivity index is 2.13. The SMILES string of the molecule is CC1CN(C(CN)c2cnn(C(C)C)c2)CC1C. The third kappa shape index (κ3) is 2.59. The van der Waals surface area contributed by atoms with Crippen LogP contribution in [0.2, 0.25) is 0 Å². The molecule has 0 saturated carbocycles. The van der Waals surface area contributed by atoms with Gasteiger partial charge in [-0.05, 0) is 25.7 Å². The molecule has 1 saturated heterocycles. The minimum absolute atomic E-state index is 0.324. The number of hydrogen-bond acceptors (Lipinski definition) is 3. The normalized spacial score (nSPS) is 27.0. The summed E-state index contributed by atoms with van der Waals surface area (Å²) in [7, 11) is 0. The van der Waals surface area contributed by atoms with Gasteiger partial charge in [-0.1, -0.05) is 13.8 Å². The Bertz CT molecular complexity index is 375. The molecule has 1 aliphatic rings. The average molecular weight is 250 g/mol. The van der Waals surface area contributed by atoms with Gasteiger partial charge in [-0.25, -0.2) is 0 Å². The summed E-state index contributed by atoms with van der Waals surface area (Å²) in [5.41, 5.74) is 7.24. The number of rotatable bonds is 4. The Hall–Kier alpha value is -0.870. The number of hydrogen-bond donors (Lipinski definition) is 1. The maximum Gasteiger partial charge on any atom is 0.0538 e. The molecule has 2 rings (SSSR count). The zero-order chi connectivity index (χ0) is 13.3. The van der Waals surface area contributed by atoms with Gasteiger partial charge < -0.3 is 5.73 Å². The zero-order valence-corrected chi connectivity index (χ0v) is 12.0. The highest BCUT2D eigenvalue weighted by atomic mass is 15.3. The highest BCUT2D eigenvalue weighted by Crippen LogP contribution is 2.30. The molecule has 1 fully saturated rings. The lowest BCUT2D eigenvalue weighted by molar-refractivity contribution is 0.240. The van der Waals surface area contributed by atoms with Gasteiger partial charge in [0.05, 0.1) is 12.2 Å². The summed E-state index contributed by atoms with van der Waals surface area (Å²) in [6.07, 6.45) is 4.13. The molecule has 0 aliphatic carbocycles. The third-order valence-corrected chi connectivity index (χ3v) is 4.22. The van der Waals surface area contributed by atoms with E-state index < -0.39 is 0 Å². The van der Waals surface area contributed by atoms with Gasteiger partial charge in [0, 0.05) is 37.4 Å². The van der Waals surface area contributed by atoms with E-state index >= 15 is 0 Å². The standard InChI is InChI=1S/C14H26N4/c1-10(2)18-9-13(6-16-18)14(5-15)17-7-11(3)12(4)8-17/h6,9-12,14H,5,7-8,15H2,1-4H3. The van der Waals surface area contributed by atoms with E-state index in [1.54, 1.807) is 0 Å². The lowest BCUT2D eigenvalue weighted by atomic mass is 10.0. The van der Waals surface area contributed by atoms with Gasteiger partial charge in [0.15, 0.2) is 0 Å². The first-order chi connectivity index (χ1) is 8.52. The molecule has 3 atom stereocenters. The Morgan fingerprint density at radius 1 is 1.33 bits per heavy atom. The molecule has 1 aromatic heterocycles.